The van der Waals surface area contributed by atoms with Gasteiger partial charge in [-0.05, 0) is 93.0 Å². The second kappa shape index (κ2) is 8.90. The van der Waals surface area contributed by atoms with E-state index in [0.717, 1.165) is 17.1 Å². The third-order valence-electron chi connectivity index (χ3n) is 7.14. The molecule has 0 aliphatic rings. The van der Waals surface area contributed by atoms with Gasteiger partial charge in [0.25, 0.3) is 0 Å². The predicted octanol–water partition coefficient (Wildman–Crippen LogP) is 9.27. The number of fused-ring (bicyclic) bond motifs is 2. The third-order valence-corrected chi connectivity index (χ3v) is 7.14. The molecular formula is C34H28N2. The molecule has 0 aliphatic carbocycles. The molecule has 6 rings (SSSR count). The standard InChI is InChI=1S/C34H28N2/c1-22-15-16-25(21-23(22)2)34-29-11-5-3-9-27(29)33(28-10-4-6-12-30(28)34)24-17-19-26(20-18-24)36-32-14-8-7-13-31(32)35/h3-21,36H,35H2,1-2H3. The van der Waals surface area contributed by atoms with Crippen LogP contribution in [0.1, 0.15) is 11.1 Å². The Bertz CT molecular complexity index is 1670. The van der Waals surface area contributed by atoms with E-state index in [1.807, 2.05) is 24.3 Å². The topological polar surface area (TPSA) is 38.0 Å². The van der Waals surface area contributed by atoms with Crippen molar-refractivity contribution in [2.24, 2.45) is 0 Å². The zero-order valence-corrected chi connectivity index (χ0v) is 20.5. The monoisotopic (exact) mass is 464 g/mol. The van der Waals surface area contributed by atoms with Crippen molar-refractivity contribution >= 4 is 38.6 Å². The number of anilines is 3. The fraction of sp³-hybridized carbons (Fsp3) is 0.0588. The zero-order chi connectivity index (χ0) is 24.6. The Morgan fingerprint density at radius 1 is 0.500 bits per heavy atom. The molecule has 36 heavy (non-hydrogen) atoms. The summed E-state index contributed by atoms with van der Waals surface area (Å²) in [5.41, 5.74) is 16.4. The molecule has 3 N–H and O–H groups in total. The van der Waals surface area contributed by atoms with E-state index in [1.54, 1.807) is 0 Å². The van der Waals surface area contributed by atoms with Crippen molar-refractivity contribution in [3.8, 4) is 22.3 Å². The van der Waals surface area contributed by atoms with Gasteiger partial charge in [-0.2, -0.15) is 0 Å². The highest BCUT2D eigenvalue weighted by molar-refractivity contribution is 6.21. The molecule has 2 nitrogen and oxygen atoms in total. The van der Waals surface area contributed by atoms with Crippen molar-refractivity contribution in [3.63, 3.8) is 0 Å². The van der Waals surface area contributed by atoms with Crippen LogP contribution in [0, 0.1) is 13.8 Å². The SMILES string of the molecule is Cc1ccc(-c2c3ccccc3c(-c3ccc(Nc4ccccc4N)cc3)c3ccccc23)cc1C. The molecule has 6 aromatic rings. The van der Waals surface area contributed by atoms with Crippen molar-refractivity contribution in [1.29, 1.82) is 0 Å². The van der Waals surface area contributed by atoms with Gasteiger partial charge in [-0.15, -0.1) is 0 Å². The first-order valence-electron chi connectivity index (χ1n) is 12.3. The zero-order valence-electron chi connectivity index (χ0n) is 20.5. The molecule has 6 aromatic carbocycles. The Morgan fingerprint density at radius 2 is 1.00 bits per heavy atom. The van der Waals surface area contributed by atoms with Gasteiger partial charge < -0.3 is 11.1 Å². The average Bonchev–Trinajstić information content (AvgIpc) is 2.91. The number of hydrogen-bond donors (Lipinski definition) is 2. The number of nitrogens with two attached hydrogens (primary N) is 1. The number of rotatable bonds is 4. The Labute approximate surface area is 212 Å². The molecule has 2 heteroatoms. The van der Waals surface area contributed by atoms with Gasteiger partial charge in [0.15, 0.2) is 0 Å². The lowest BCUT2D eigenvalue weighted by atomic mass is 9.85. The van der Waals surface area contributed by atoms with Crippen LogP contribution in [0.15, 0.2) is 115 Å². The second-order valence-corrected chi connectivity index (χ2v) is 9.43. The van der Waals surface area contributed by atoms with Gasteiger partial charge in [0.05, 0.1) is 11.4 Å². The first kappa shape index (κ1) is 21.9. The number of para-hydroxylation sites is 2. The van der Waals surface area contributed by atoms with Gasteiger partial charge >= 0.3 is 0 Å². The third kappa shape index (κ3) is 3.77. The van der Waals surface area contributed by atoms with E-state index in [2.05, 4.69) is 110 Å². The lowest BCUT2D eigenvalue weighted by Crippen LogP contribution is -1.96. The fourth-order valence-electron chi connectivity index (χ4n) is 5.13. The minimum atomic E-state index is 0.737. The summed E-state index contributed by atoms with van der Waals surface area (Å²) < 4.78 is 0. The van der Waals surface area contributed by atoms with Crippen molar-refractivity contribution in [1.82, 2.24) is 0 Å². The molecule has 0 saturated heterocycles. The van der Waals surface area contributed by atoms with Crippen LogP contribution in [-0.4, -0.2) is 0 Å². The molecule has 0 radical (unpaired) electrons. The molecule has 0 unspecified atom stereocenters. The lowest BCUT2D eigenvalue weighted by Gasteiger charge is -2.18. The van der Waals surface area contributed by atoms with Crippen LogP contribution < -0.4 is 11.1 Å². The van der Waals surface area contributed by atoms with Crippen molar-refractivity contribution in [2.75, 3.05) is 11.1 Å². The van der Waals surface area contributed by atoms with Gasteiger partial charge in [0.2, 0.25) is 0 Å². The number of nitrogen functional groups attached to an aromatic ring is 1. The predicted molar refractivity (Wildman–Crippen MR) is 156 cm³/mol. The number of aryl methyl sites for hydroxylation is 2. The Kier molecular flexibility index (Phi) is 5.42. The summed E-state index contributed by atoms with van der Waals surface area (Å²) in [6, 6.07) is 40.9. The van der Waals surface area contributed by atoms with Gasteiger partial charge in [0.1, 0.15) is 0 Å². The van der Waals surface area contributed by atoms with Crippen LogP contribution in [0.25, 0.3) is 43.8 Å². The van der Waals surface area contributed by atoms with E-state index >= 15 is 0 Å². The molecular weight excluding hydrogens is 436 g/mol. The van der Waals surface area contributed by atoms with Gasteiger partial charge in [0, 0.05) is 5.69 Å². The minimum absolute atomic E-state index is 0.737. The van der Waals surface area contributed by atoms with Crippen molar-refractivity contribution < 1.29 is 0 Å². The van der Waals surface area contributed by atoms with Crippen molar-refractivity contribution in [2.45, 2.75) is 13.8 Å². The largest absolute Gasteiger partial charge is 0.397 e. The van der Waals surface area contributed by atoms with Gasteiger partial charge in [-0.3, -0.25) is 0 Å². The maximum Gasteiger partial charge on any atom is 0.0617 e. The smallest absolute Gasteiger partial charge is 0.0617 e. The normalized spacial score (nSPS) is 11.2. The lowest BCUT2D eigenvalue weighted by molar-refractivity contribution is 1.34. The summed E-state index contributed by atoms with van der Waals surface area (Å²) in [6.45, 7) is 4.36. The molecule has 0 aromatic heterocycles. The van der Waals surface area contributed by atoms with Crippen LogP contribution >= 0.6 is 0 Å². The highest BCUT2D eigenvalue weighted by Crippen LogP contribution is 2.44. The Hall–Kier alpha value is -4.56. The van der Waals surface area contributed by atoms with E-state index in [-0.39, 0.29) is 0 Å². The molecule has 0 atom stereocenters. The molecule has 0 saturated carbocycles. The minimum Gasteiger partial charge on any atom is -0.397 e. The fourth-order valence-corrected chi connectivity index (χ4v) is 5.13. The van der Waals surface area contributed by atoms with E-state index in [0.29, 0.717) is 0 Å². The Balaban J connectivity index is 1.55. The van der Waals surface area contributed by atoms with E-state index in [1.165, 1.54) is 54.9 Å². The van der Waals surface area contributed by atoms with E-state index in [4.69, 9.17) is 5.73 Å². The summed E-state index contributed by atoms with van der Waals surface area (Å²) >= 11 is 0. The van der Waals surface area contributed by atoms with Crippen molar-refractivity contribution in [3.05, 3.63) is 126 Å². The quantitative estimate of drug-likeness (QED) is 0.201. The first-order valence-corrected chi connectivity index (χ1v) is 12.3. The van der Waals surface area contributed by atoms with Gasteiger partial charge in [-0.1, -0.05) is 91.0 Å². The highest BCUT2D eigenvalue weighted by atomic mass is 14.9. The first-order chi connectivity index (χ1) is 17.6. The number of hydrogen-bond acceptors (Lipinski definition) is 2. The van der Waals surface area contributed by atoms with E-state index < -0.39 is 0 Å². The summed E-state index contributed by atoms with van der Waals surface area (Å²) in [6.07, 6.45) is 0. The molecule has 174 valence electrons. The summed E-state index contributed by atoms with van der Waals surface area (Å²) in [4.78, 5) is 0. The molecule has 0 amide bonds. The summed E-state index contributed by atoms with van der Waals surface area (Å²) in [5.74, 6) is 0. The van der Waals surface area contributed by atoms with Crippen LogP contribution in [0.2, 0.25) is 0 Å². The van der Waals surface area contributed by atoms with Crippen LogP contribution in [-0.2, 0) is 0 Å². The summed E-state index contributed by atoms with van der Waals surface area (Å²) in [7, 11) is 0. The molecule has 0 heterocycles. The Morgan fingerprint density at radius 3 is 1.56 bits per heavy atom. The van der Waals surface area contributed by atoms with Crippen LogP contribution in [0.5, 0.6) is 0 Å². The molecule has 0 bridgehead atoms. The molecule has 0 spiro atoms. The molecule has 0 aliphatic heterocycles. The maximum absolute atomic E-state index is 6.13. The number of nitrogens with one attached hydrogen (secondary N) is 1. The maximum atomic E-state index is 6.13. The van der Waals surface area contributed by atoms with Crippen LogP contribution in [0.4, 0.5) is 17.1 Å². The van der Waals surface area contributed by atoms with Crippen LogP contribution in [0.3, 0.4) is 0 Å². The molecule has 0 fully saturated rings. The van der Waals surface area contributed by atoms with E-state index in [9.17, 15) is 0 Å². The number of benzene rings is 6. The second-order valence-electron chi connectivity index (χ2n) is 9.43. The highest BCUT2D eigenvalue weighted by Gasteiger charge is 2.16. The van der Waals surface area contributed by atoms with Gasteiger partial charge in [-0.25, -0.2) is 0 Å². The summed E-state index contributed by atoms with van der Waals surface area (Å²) in [5, 5.41) is 8.51. The average molecular weight is 465 g/mol.